The van der Waals surface area contributed by atoms with Crippen LogP contribution in [0.25, 0.3) is 0 Å². The van der Waals surface area contributed by atoms with Crippen LogP contribution in [0.2, 0.25) is 0 Å². The molecule has 1 N–H and O–H groups in total. The van der Waals surface area contributed by atoms with Crippen LogP contribution < -0.4 is 5.48 Å². The first-order valence-corrected chi connectivity index (χ1v) is 7.66. The van der Waals surface area contributed by atoms with Crippen LogP contribution >= 0.6 is 0 Å². The summed E-state index contributed by atoms with van der Waals surface area (Å²) in [4.78, 5) is 41.1. The Hall–Kier alpha value is -2.15. The summed E-state index contributed by atoms with van der Waals surface area (Å²) in [5.41, 5.74) is 1.70. The molecule has 1 heterocycles. The lowest BCUT2D eigenvalue weighted by atomic mass is 9.69. The van der Waals surface area contributed by atoms with Crippen molar-refractivity contribution >= 4 is 17.9 Å². The van der Waals surface area contributed by atoms with E-state index in [-0.39, 0.29) is 17.8 Å². The van der Waals surface area contributed by atoms with Crippen molar-refractivity contribution in [2.24, 2.45) is 5.41 Å². The molecule has 0 bridgehead atoms. The molecule has 1 fully saturated rings. The lowest BCUT2D eigenvalue weighted by Gasteiger charge is -2.35. The Morgan fingerprint density at radius 1 is 1.21 bits per heavy atom. The monoisotopic (exact) mass is 339 g/mol. The molecule has 1 unspecified atom stereocenters. The van der Waals surface area contributed by atoms with Crippen LogP contribution in [0, 0.1) is 5.41 Å². The van der Waals surface area contributed by atoms with Gasteiger partial charge in [-0.3, -0.25) is 0 Å². The molecule has 0 radical (unpaired) electrons. The number of hydroxylamine groups is 1. The molecule has 1 saturated heterocycles. The maximum atomic E-state index is 12.2. The van der Waals surface area contributed by atoms with Crippen molar-refractivity contribution < 1.29 is 28.7 Å². The molecule has 0 spiro atoms. The Labute approximate surface area is 142 Å². The third-order valence-corrected chi connectivity index (χ3v) is 4.50. The molecule has 0 aromatic carbocycles. The zero-order valence-corrected chi connectivity index (χ0v) is 15.2. The van der Waals surface area contributed by atoms with Gasteiger partial charge in [0, 0.05) is 11.1 Å². The van der Waals surface area contributed by atoms with Gasteiger partial charge < -0.3 is 14.3 Å². The van der Waals surface area contributed by atoms with E-state index < -0.39 is 28.9 Å². The Bertz CT molecular complexity index is 617. The van der Waals surface area contributed by atoms with Gasteiger partial charge in [0.15, 0.2) is 0 Å². The van der Waals surface area contributed by atoms with Gasteiger partial charge in [-0.15, -0.1) is 5.48 Å². The maximum absolute atomic E-state index is 12.2. The second-order valence-corrected chi connectivity index (χ2v) is 6.32. The van der Waals surface area contributed by atoms with Crippen molar-refractivity contribution in [2.75, 3.05) is 13.7 Å². The van der Waals surface area contributed by atoms with Crippen LogP contribution in [0.15, 0.2) is 22.8 Å². The Kier molecular flexibility index (Phi) is 5.94. The highest BCUT2D eigenvalue weighted by atomic mass is 16.7. The summed E-state index contributed by atoms with van der Waals surface area (Å²) in [5.74, 6) is -1.52. The number of rotatable bonds is 5. The molecule has 0 aliphatic carbocycles. The summed E-state index contributed by atoms with van der Waals surface area (Å²) in [7, 11) is 1.27. The summed E-state index contributed by atoms with van der Waals surface area (Å²) in [5, 5.41) is 0. The largest absolute Gasteiger partial charge is 0.466 e. The number of ether oxygens (including phenoxy) is 2. The number of nitrogens with one attached hydrogen (secondary N) is 1. The maximum Gasteiger partial charge on any atom is 0.334 e. The van der Waals surface area contributed by atoms with Crippen molar-refractivity contribution in [3.8, 4) is 0 Å². The minimum Gasteiger partial charge on any atom is -0.466 e. The first-order chi connectivity index (χ1) is 11.0. The standard InChI is InChI=1S/C17H25NO6/c1-8-23-14(20)11(3)12(9-10(2)13(19)22-7)17(6)16(4,5)15(21)24-18-17/h9,18H,8H2,1-7H3/b10-9+,12-11+. The molecule has 7 nitrogen and oxygen atoms in total. The quantitative estimate of drug-likeness (QED) is 0.354. The smallest absolute Gasteiger partial charge is 0.334 e. The molecule has 0 aromatic heterocycles. The Morgan fingerprint density at radius 2 is 1.79 bits per heavy atom. The summed E-state index contributed by atoms with van der Waals surface area (Å²) >= 11 is 0. The predicted molar refractivity (Wildman–Crippen MR) is 86.5 cm³/mol. The first-order valence-electron chi connectivity index (χ1n) is 7.66. The number of carbonyl (C=O) groups is 3. The van der Waals surface area contributed by atoms with Gasteiger partial charge in [-0.2, -0.15) is 0 Å². The fourth-order valence-corrected chi connectivity index (χ4v) is 2.41. The normalized spacial score (nSPS) is 24.1. The average Bonchev–Trinajstić information content (AvgIpc) is 2.74. The van der Waals surface area contributed by atoms with Crippen LogP contribution in [0.1, 0.15) is 41.5 Å². The molecular weight excluding hydrogens is 314 g/mol. The third-order valence-electron chi connectivity index (χ3n) is 4.50. The molecular formula is C17H25NO6. The number of esters is 2. The number of hydrogen-bond donors (Lipinski definition) is 1. The van der Waals surface area contributed by atoms with Gasteiger partial charge in [0.25, 0.3) is 0 Å². The van der Waals surface area contributed by atoms with E-state index >= 15 is 0 Å². The summed E-state index contributed by atoms with van der Waals surface area (Å²) in [6.07, 6.45) is 1.52. The Morgan fingerprint density at radius 3 is 2.21 bits per heavy atom. The van der Waals surface area contributed by atoms with Crippen molar-refractivity contribution in [2.45, 2.75) is 47.1 Å². The van der Waals surface area contributed by atoms with E-state index in [2.05, 4.69) is 5.48 Å². The molecule has 1 aliphatic rings. The first kappa shape index (κ1) is 19.9. The van der Waals surface area contributed by atoms with Gasteiger partial charge in [0.05, 0.1) is 24.7 Å². The van der Waals surface area contributed by atoms with Crippen molar-refractivity contribution in [1.82, 2.24) is 5.48 Å². The third kappa shape index (κ3) is 3.36. The van der Waals surface area contributed by atoms with Gasteiger partial charge in [0.2, 0.25) is 0 Å². The van der Waals surface area contributed by atoms with E-state index in [1.807, 2.05) is 0 Å². The highest BCUT2D eigenvalue weighted by Gasteiger charge is 2.56. The summed E-state index contributed by atoms with van der Waals surface area (Å²) in [6, 6.07) is 0. The van der Waals surface area contributed by atoms with Crippen molar-refractivity contribution in [3.63, 3.8) is 0 Å². The van der Waals surface area contributed by atoms with Crippen LogP contribution in [-0.2, 0) is 28.7 Å². The minimum atomic E-state index is -1.03. The molecule has 1 aliphatic heterocycles. The van der Waals surface area contributed by atoms with Gasteiger partial charge in [-0.1, -0.05) is 0 Å². The summed E-state index contributed by atoms with van der Waals surface area (Å²) in [6.45, 7) is 10.2. The fraction of sp³-hybridized carbons (Fsp3) is 0.588. The van der Waals surface area contributed by atoms with E-state index in [0.717, 1.165) is 0 Å². The van der Waals surface area contributed by atoms with Gasteiger partial charge >= 0.3 is 17.9 Å². The van der Waals surface area contributed by atoms with E-state index in [1.54, 1.807) is 41.5 Å². The lowest BCUT2D eigenvalue weighted by molar-refractivity contribution is -0.148. The van der Waals surface area contributed by atoms with Gasteiger partial charge in [-0.05, 0) is 53.2 Å². The molecule has 1 rings (SSSR count). The van der Waals surface area contributed by atoms with Crippen molar-refractivity contribution in [1.29, 1.82) is 0 Å². The number of hydrogen-bond acceptors (Lipinski definition) is 7. The van der Waals surface area contributed by atoms with Crippen molar-refractivity contribution in [3.05, 3.63) is 22.8 Å². The van der Waals surface area contributed by atoms with Crippen LogP contribution in [0.4, 0.5) is 0 Å². The highest BCUT2D eigenvalue weighted by molar-refractivity contribution is 5.93. The predicted octanol–water partition coefficient (Wildman–Crippen LogP) is 1.83. The zero-order chi connectivity index (χ0) is 18.7. The van der Waals surface area contributed by atoms with Crippen LogP contribution in [-0.4, -0.2) is 37.2 Å². The molecule has 0 aromatic rings. The minimum absolute atomic E-state index is 0.214. The SMILES string of the molecule is CCOC(=O)/C(C)=C(\C=C(/C)C(=O)OC)C1(C)NOC(=O)C1(C)C. The lowest BCUT2D eigenvalue weighted by Crippen LogP contribution is -2.49. The van der Waals surface area contributed by atoms with Gasteiger partial charge in [-0.25, -0.2) is 14.4 Å². The number of carbonyl (C=O) groups excluding carboxylic acids is 3. The van der Waals surface area contributed by atoms with E-state index in [1.165, 1.54) is 13.2 Å². The molecule has 0 saturated carbocycles. The zero-order valence-electron chi connectivity index (χ0n) is 15.2. The second kappa shape index (κ2) is 7.17. The highest BCUT2D eigenvalue weighted by Crippen LogP contribution is 2.43. The topological polar surface area (TPSA) is 90.9 Å². The second-order valence-electron chi connectivity index (χ2n) is 6.32. The average molecular weight is 339 g/mol. The van der Waals surface area contributed by atoms with Crippen LogP contribution in [0.3, 0.4) is 0 Å². The molecule has 24 heavy (non-hydrogen) atoms. The van der Waals surface area contributed by atoms with E-state index in [0.29, 0.717) is 5.57 Å². The van der Waals surface area contributed by atoms with Gasteiger partial charge in [0.1, 0.15) is 0 Å². The summed E-state index contributed by atoms with van der Waals surface area (Å²) < 4.78 is 9.76. The fourth-order valence-electron chi connectivity index (χ4n) is 2.41. The number of methoxy groups -OCH3 is 1. The van der Waals surface area contributed by atoms with Crippen LogP contribution in [0.5, 0.6) is 0 Å². The van der Waals surface area contributed by atoms with E-state index in [9.17, 15) is 14.4 Å². The molecule has 134 valence electrons. The Balaban J connectivity index is 3.56. The molecule has 0 amide bonds. The molecule has 7 heteroatoms. The van der Waals surface area contributed by atoms with E-state index in [4.69, 9.17) is 14.3 Å². The molecule has 1 atom stereocenters.